The van der Waals surface area contributed by atoms with Crippen molar-refractivity contribution in [2.75, 3.05) is 13.1 Å². The SMILES string of the molecule is O=C(NC1CCN(S(=O)(=O)c2ccc(Br)cc2)CC1)c1ccccc1O. The average molecular weight is 439 g/mol. The molecule has 0 aromatic heterocycles. The first-order valence-electron chi connectivity index (χ1n) is 8.22. The Morgan fingerprint density at radius 3 is 2.31 bits per heavy atom. The van der Waals surface area contributed by atoms with Crippen LogP contribution in [0.15, 0.2) is 57.9 Å². The Bertz CT molecular complexity index is 892. The van der Waals surface area contributed by atoms with E-state index in [2.05, 4.69) is 21.2 Å². The number of para-hydroxylation sites is 1. The number of hydrogen-bond acceptors (Lipinski definition) is 4. The Labute approximate surface area is 161 Å². The maximum absolute atomic E-state index is 12.7. The van der Waals surface area contributed by atoms with E-state index in [9.17, 15) is 18.3 Å². The van der Waals surface area contributed by atoms with Crippen LogP contribution in [0, 0.1) is 0 Å². The van der Waals surface area contributed by atoms with Crippen molar-refractivity contribution in [3.63, 3.8) is 0 Å². The minimum absolute atomic E-state index is 0.0692. The van der Waals surface area contributed by atoms with Crippen LogP contribution in [-0.2, 0) is 10.0 Å². The predicted octanol–water partition coefficient (Wildman–Crippen LogP) is 2.74. The van der Waals surface area contributed by atoms with Crippen molar-refractivity contribution in [3.05, 3.63) is 58.6 Å². The number of amides is 1. The molecular formula is C18H19BrN2O4S. The van der Waals surface area contributed by atoms with Crippen molar-refractivity contribution in [1.29, 1.82) is 0 Å². The van der Waals surface area contributed by atoms with Gasteiger partial charge in [-0.05, 0) is 49.2 Å². The number of nitrogens with zero attached hydrogens (tertiary/aromatic N) is 1. The van der Waals surface area contributed by atoms with E-state index in [1.54, 1.807) is 42.5 Å². The number of benzene rings is 2. The van der Waals surface area contributed by atoms with Gasteiger partial charge in [0.1, 0.15) is 5.75 Å². The second kappa shape index (κ2) is 7.77. The molecule has 1 amide bonds. The predicted molar refractivity (Wildman–Crippen MR) is 101 cm³/mol. The fraction of sp³-hybridized carbons (Fsp3) is 0.278. The molecule has 1 saturated heterocycles. The molecule has 0 bridgehead atoms. The van der Waals surface area contributed by atoms with Gasteiger partial charge in [0.2, 0.25) is 10.0 Å². The summed E-state index contributed by atoms with van der Waals surface area (Å²) in [6, 6.07) is 12.8. The van der Waals surface area contributed by atoms with Crippen molar-refractivity contribution in [3.8, 4) is 5.75 Å². The summed E-state index contributed by atoms with van der Waals surface area (Å²) < 4.78 is 27.6. The van der Waals surface area contributed by atoms with Crippen LogP contribution >= 0.6 is 15.9 Å². The summed E-state index contributed by atoms with van der Waals surface area (Å²) in [7, 11) is -3.53. The van der Waals surface area contributed by atoms with Gasteiger partial charge in [0.15, 0.2) is 0 Å². The zero-order chi connectivity index (χ0) is 18.7. The first kappa shape index (κ1) is 18.9. The molecule has 8 heteroatoms. The fourth-order valence-corrected chi connectivity index (χ4v) is 4.66. The van der Waals surface area contributed by atoms with Gasteiger partial charge < -0.3 is 10.4 Å². The van der Waals surface area contributed by atoms with Crippen LogP contribution in [0.25, 0.3) is 0 Å². The Morgan fingerprint density at radius 2 is 1.69 bits per heavy atom. The summed E-state index contributed by atoms with van der Waals surface area (Å²) in [4.78, 5) is 12.5. The van der Waals surface area contributed by atoms with Gasteiger partial charge >= 0.3 is 0 Å². The number of hydrogen-bond donors (Lipinski definition) is 2. The van der Waals surface area contributed by atoms with Crippen LogP contribution < -0.4 is 5.32 Å². The lowest BCUT2D eigenvalue weighted by atomic mass is 10.1. The van der Waals surface area contributed by atoms with Crippen LogP contribution in [-0.4, -0.2) is 42.9 Å². The van der Waals surface area contributed by atoms with Gasteiger partial charge in [-0.25, -0.2) is 8.42 Å². The average Bonchev–Trinajstić information content (AvgIpc) is 2.63. The van der Waals surface area contributed by atoms with Crippen molar-refractivity contribution >= 4 is 31.9 Å². The van der Waals surface area contributed by atoms with Gasteiger partial charge in [-0.2, -0.15) is 4.31 Å². The highest BCUT2D eigenvalue weighted by Gasteiger charge is 2.30. The molecule has 26 heavy (non-hydrogen) atoms. The maximum atomic E-state index is 12.7. The van der Waals surface area contributed by atoms with Crippen molar-refractivity contribution < 1.29 is 18.3 Å². The fourth-order valence-electron chi connectivity index (χ4n) is 2.92. The minimum atomic E-state index is -3.53. The number of sulfonamides is 1. The van der Waals surface area contributed by atoms with E-state index < -0.39 is 10.0 Å². The quantitative estimate of drug-likeness (QED) is 0.767. The number of phenolic OH excluding ortho intramolecular Hbond substituents is 1. The van der Waals surface area contributed by atoms with Gasteiger partial charge in [-0.1, -0.05) is 28.1 Å². The summed E-state index contributed by atoms with van der Waals surface area (Å²) in [5.41, 5.74) is 0.220. The molecule has 1 aliphatic heterocycles. The third kappa shape index (κ3) is 4.08. The Balaban J connectivity index is 1.61. The molecule has 2 aromatic carbocycles. The number of rotatable bonds is 4. The Kier molecular flexibility index (Phi) is 5.64. The van der Waals surface area contributed by atoms with Crippen molar-refractivity contribution in [2.24, 2.45) is 0 Å². The van der Waals surface area contributed by atoms with Gasteiger partial charge in [0, 0.05) is 23.6 Å². The standard InChI is InChI=1S/C18H19BrN2O4S/c19-13-5-7-15(8-6-13)26(24,25)21-11-9-14(10-12-21)20-18(23)16-3-1-2-4-17(16)22/h1-8,14,22H,9-12H2,(H,20,23). The smallest absolute Gasteiger partial charge is 0.255 e. The number of aromatic hydroxyl groups is 1. The van der Waals surface area contributed by atoms with E-state index in [-0.39, 0.29) is 28.2 Å². The van der Waals surface area contributed by atoms with E-state index in [1.807, 2.05) is 0 Å². The molecule has 0 atom stereocenters. The molecule has 1 fully saturated rings. The topological polar surface area (TPSA) is 86.7 Å². The Hall–Kier alpha value is -1.90. The number of carbonyl (C=O) groups is 1. The molecule has 0 radical (unpaired) electrons. The number of phenols is 1. The highest BCUT2D eigenvalue weighted by molar-refractivity contribution is 9.10. The molecule has 1 heterocycles. The maximum Gasteiger partial charge on any atom is 0.255 e. The molecule has 6 nitrogen and oxygen atoms in total. The zero-order valence-corrected chi connectivity index (χ0v) is 16.3. The molecule has 3 rings (SSSR count). The van der Waals surface area contributed by atoms with Crippen LogP contribution in [0.3, 0.4) is 0 Å². The van der Waals surface area contributed by atoms with Crippen molar-refractivity contribution in [2.45, 2.75) is 23.8 Å². The number of piperidine rings is 1. The van der Waals surface area contributed by atoms with Crippen molar-refractivity contribution in [1.82, 2.24) is 9.62 Å². The summed E-state index contributed by atoms with van der Waals surface area (Å²) in [6.07, 6.45) is 1.05. The summed E-state index contributed by atoms with van der Waals surface area (Å²) in [5.74, 6) is -0.419. The van der Waals surface area contributed by atoms with Gasteiger partial charge in [0.05, 0.1) is 10.5 Å². The molecule has 1 aliphatic rings. The van der Waals surface area contributed by atoms with Crippen LogP contribution in [0.4, 0.5) is 0 Å². The molecule has 0 spiro atoms. The highest BCUT2D eigenvalue weighted by Crippen LogP contribution is 2.23. The third-order valence-electron chi connectivity index (χ3n) is 4.39. The zero-order valence-electron chi connectivity index (χ0n) is 13.9. The van der Waals surface area contributed by atoms with E-state index in [4.69, 9.17) is 0 Å². The summed E-state index contributed by atoms with van der Waals surface area (Å²) in [5, 5.41) is 12.6. The lowest BCUT2D eigenvalue weighted by Gasteiger charge is -2.31. The second-order valence-electron chi connectivity index (χ2n) is 6.12. The minimum Gasteiger partial charge on any atom is -0.507 e. The molecule has 2 aromatic rings. The van der Waals surface area contributed by atoms with E-state index >= 15 is 0 Å². The van der Waals surface area contributed by atoms with Crippen LogP contribution in [0.1, 0.15) is 23.2 Å². The van der Waals surface area contributed by atoms with Crippen LogP contribution in [0.2, 0.25) is 0 Å². The molecule has 0 aliphatic carbocycles. The molecular weight excluding hydrogens is 420 g/mol. The number of halogens is 1. The third-order valence-corrected chi connectivity index (χ3v) is 6.83. The molecule has 138 valence electrons. The van der Waals surface area contributed by atoms with Gasteiger partial charge in [-0.3, -0.25) is 4.79 Å². The van der Waals surface area contributed by atoms with Crippen LogP contribution in [0.5, 0.6) is 5.75 Å². The highest BCUT2D eigenvalue weighted by atomic mass is 79.9. The van der Waals surface area contributed by atoms with E-state index in [0.29, 0.717) is 25.9 Å². The first-order valence-corrected chi connectivity index (χ1v) is 10.5. The number of nitrogens with one attached hydrogen (secondary N) is 1. The largest absolute Gasteiger partial charge is 0.507 e. The lowest BCUT2D eigenvalue weighted by Crippen LogP contribution is -2.46. The number of carbonyl (C=O) groups excluding carboxylic acids is 1. The summed E-state index contributed by atoms with van der Waals surface area (Å²) in [6.45, 7) is 0.675. The molecule has 2 N–H and O–H groups in total. The van der Waals surface area contributed by atoms with Gasteiger partial charge in [0.25, 0.3) is 5.91 Å². The Morgan fingerprint density at radius 1 is 1.08 bits per heavy atom. The second-order valence-corrected chi connectivity index (χ2v) is 8.98. The normalized spacial score (nSPS) is 16.3. The first-order chi connectivity index (χ1) is 12.4. The summed E-state index contributed by atoms with van der Waals surface area (Å²) >= 11 is 3.30. The lowest BCUT2D eigenvalue weighted by molar-refractivity contribution is 0.0921. The van der Waals surface area contributed by atoms with Gasteiger partial charge in [-0.15, -0.1) is 0 Å². The monoisotopic (exact) mass is 438 g/mol. The molecule has 0 unspecified atom stereocenters. The van der Waals surface area contributed by atoms with E-state index in [1.165, 1.54) is 10.4 Å². The molecule has 0 saturated carbocycles. The van der Waals surface area contributed by atoms with E-state index in [0.717, 1.165) is 4.47 Å².